The van der Waals surface area contributed by atoms with Gasteiger partial charge in [-0.2, -0.15) is 4.37 Å². The lowest BCUT2D eigenvalue weighted by Gasteiger charge is -2.31. The molecule has 7 heteroatoms. The first kappa shape index (κ1) is 16.9. The molecule has 0 N–H and O–H groups in total. The lowest BCUT2D eigenvalue weighted by atomic mass is 10.1. The average molecular weight is 445 g/mol. The van der Waals surface area contributed by atoms with Gasteiger partial charge in [0.2, 0.25) is 5.13 Å². The fourth-order valence-corrected chi connectivity index (χ4v) is 3.83. The number of methoxy groups -OCH3 is 1. The van der Waals surface area contributed by atoms with Crippen LogP contribution in [0.2, 0.25) is 0 Å². The lowest BCUT2D eigenvalue weighted by Crippen LogP contribution is -2.38. The minimum absolute atomic E-state index is 0.281. The van der Waals surface area contributed by atoms with E-state index in [-0.39, 0.29) is 6.10 Å². The molecule has 124 valence electrons. The van der Waals surface area contributed by atoms with Crippen molar-refractivity contribution in [2.24, 2.45) is 0 Å². The van der Waals surface area contributed by atoms with Crippen LogP contribution in [-0.2, 0) is 11.2 Å². The average Bonchev–Trinajstić information content (AvgIpc) is 3.05. The molecule has 1 saturated heterocycles. The number of anilines is 1. The SMILES string of the molecule is COCCc1nsc(N2CCC(Oc3ccccc3I)CC2)n1. The van der Waals surface area contributed by atoms with Crippen molar-refractivity contribution < 1.29 is 9.47 Å². The number of para-hydroxylation sites is 1. The predicted molar refractivity (Wildman–Crippen MR) is 101 cm³/mol. The van der Waals surface area contributed by atoms with Crippen molar-refractivity contribution in [3.63, 3.8) is 0 Å². The molecule has 3 rings (SSSR count). The van der Waals surface area contributed by atoms with E-state index in [4.69, 9.17) is 9.47 Å². The third kappa shape index (κ3) is 4.54. The van der Waals surface area contributed by atoms with Crippen LogP contribution in [0.4, 0.5) is 5.13 Å². The van der Waals surface area contributed by atoms with E-state index >= 15 is 0 Å². The van der Waals surface area contributed by atoms with Gasteiger partial charge < -0.3 is 14.4 Å². The molecule has 0 unspecified atom stereocenters. The first-order chi connectivity index (χ1) is 11.3. The van der Waals surface area contributed by atoms with Crippen LogP contribution in [0.25, 0.3) is 0 Å². The molecule has 23 heavy (non-hydrogen) atoms. The monoisotopic (exact) mass is 445 g/mol. The number of nitrogens with zero attached hydrogens (tertiary/aromatic N) is 3. The van der Waals surface area contributed by atoms with Crippen molar-refractivity contribution in [1.82, 2.24) is 9.36 Å². The molecule has 0 radical (unpaired) electrons. The molecule has 0 atom stereocenters. The van der Waals surface area contributed by atoms with Crippen molar-refractivity contribution in [3.8, 4) is 5.75 Å². The van der Waals surface area contributed by atoms with Gasteiger partial charge >= 0.3 is 0 Å². The molecule has 5 nitrogen and oxygen atoms in total. The standard InChI is InChI=1S/C16H20IN3O2S/c1-21-11-8-15-18-16(23-19-15)20-9-6-12(7-10-20)22-14-5-3-2-4-13(14)17/h2-5,12H,6-11H2,1H3. The number of benzene rings is 1. The highest BCUT2D eigenvalue weighted by Gasteiger charge is 2.23. The molecule has 2 aromatic rings. The second-order valence-electron chi connectivity index (χ2n) is 5.47. The number of hydrogen-bond acceptors (Lipinski definition) is 6. The van der Waals surface area contributed by atoms with Gasteiger partial charge in [-0.3, -0.25) is 0 Å². The quantitative estimate of drug-likeness (QED) is 0.639. The van der Waals surface area contributed by atoms with Crippen LogP contribution in [-0.4, -0.2) is 42.3 Å². The van der Waals surface area contributed by atoms with Crippen LogP contribution in [0.5, 0.6) is 5.75 Å². The summed E-state index contributed by atoms with van der Waals surface area (Å²) in [5, 5.41) is 1.02. The molecule has 0 aliphatic carbocycles. The molecule has 1 aromatic heterocycles. The van der Waals surface area contributed by atoms with Crippen LogP contribution < -0.4 is 9.64 Å². The highest BCUT2D eigenvalue weighted by molar-refractivity contribution is 14.1. The van der Waals surface area contributed by atoms with E-state index in [1.54, 1.807) is 7.11 Å². The van der Waals surface area contributed by atoms with E-state index in [9.17, 15) is 0 Å². The number of hydrogen-bond donors (Lipinski definition) is 0. The molecule has 1 fully saturated rings. The van der Waals surface area contributed by atoms with Crippen molar-refractivity contribution in [2.75, 3.05) is 31.7 Å². The Balaban J connectivity index is 1.52. The van der Waals surface area contributed by atoms with Gasteiger partial charge in [-0.15, -0.1) is 0 Å². The highest BCUT2D eigenvalue weighted by Crippen LogP contribution is 2.26. The van der Waals surface area contributed by atoms with Gasteiger partial charge in [0.1, 0.15) is 17.7 Å². The summed E-state index contributed by atoms with van der Waals surface area (Å²) in [4.78, 5) is 6.92. The zero-order chi connectivity index (χ0) is 16.1. The Bertz CT molecular complexity index is 629. The maximum absolute atomic E-state index is 6.15. The van der Waals surface area contributed by atoms with E-state index in [0.717, 1.165) is 49.1 Å². The number of aromatic nitrogens is 2. The fraction of sp³-hybridized carbons (Fsp3) is 0.500. The summed E-state index contributed by atoms with van der Waals surface area (Å²) >= 11 is 3.80. The van der Waals surface area contributed by atoms with E-state index in [0.29, 0.717) is 6.61 Å². The van der Waals surface area contributed by atoms with E-state index in [2.05, 4.69) is 42.9 Å². The third-order valence-electron chi connectivity index (χ3n) is 3.83. The van der Waals surface area contributed by atoms with Crippen LogP contribution in [0.3, 0.4) is 0 Å². The second kappa shape index (κ2) is 8.25. The smallest absolute Gasteiger partial charge is 0.205 e. The summed E-state index contributed by atoms with van der Waals surface area (Å²) < 4.78 is 16.8. The molecule has 1 aliphatic rings. The van der Waals surface area contributed by atoms with Gasteiger partial charge in [0.15, 0.2) is 0 Å². The van der Waals surface area contributed by atoms with Crippen LogP contribution in [0, 0.1) is 3.57 Å². The van der Waals surface area contributed by atoms with Crippen LogP contribution in [0.15, 0.2) is 24.3 Å². The number of halogens is 1. The Labute approximate surface area is 154 Å². The number of ether oxygens (including phenoxy) is 2. The van der Waals surface area contributed by atoms with Crippen LogP contribution in [0.1, 0.15) is 18.7 Å². The largest absolute Gasteiger partial charge is 0.489 e. The summed E-state index contributed by atoms with van der Waals surface area (Å²) in [6, 6.07) is 8.18. The van der Waals surface area contributed by atoms with Crippen LogP contribution >= 0.6 is 34.1 Å². The third-order valence-corrected chi connectivity index (χ3v) is 5.54. The van der Waals surface area contributed by atoms with Crippen molar-refractivity contribution >= 4 is 39.3 Å². The maximum Gasteiger partial charge on any atom is 0.205 e. The summed E-state index contributed by atoms with van der Waals surface area (Å²) in [5.74, 6) is 1.87. The minimum Gasteiger partial charge on any atom is -0.489 e. The normalized spacial score (nSPS) is 15.8. The van der Waals surface area contributed by atoms with Gasteiger partial charge in [-0.1, -0.05) is 12.1 Å². The first-order valence-electron chi connectivity index (χ1n) is 7.74. The van der Waals surface area contributed by atoms with E-state index in [1.807, 2.05) is 18.2 Å². The molecule has 2 heterocycles. The summed E-state index contributed by atoms with van der Waals surface area (Å²) in [7, 11) is 1.70. The Morgan fingerprint density at radius 1 is 1.30 bits per heavy atom. The van der Waals surface area contributed by atoms with Gasteiger partial charge in [0, 0.05) is 51.0 Å². The number of piperidine rings is 1. The first-order valence-corrected chi connectivity index (χ1v) is 9.59. The Hall–Kier alpha value is -0.930. The van der Waals surface area contributed by atoms with Crippen molar-refractivity contribution in [3.05, 3.63) is 33.7 Å². The molecular weight excluding hydrogens is 425 g/mol. The number of rotatable bonds is 6. The Morgan fingerprint density at radius 2 is 2.09 bits per heavy atom. The molecule has 1 aliphatic heterocycles. The maximum atomic E-state index is 6.15. The van der Waals surface area contributed by atoms with Crippen molar-refractivity contribution in [1.29, 1.82) is 0 Å². The van der Waals surface area contributed by atoms with E-state index in [1.165, 1.54) is 15.1 Å². The molecule has 1 aromatic carbocycles. The topological polar surface area (TPSA) is 47.5 Å². The molecule has 0 spiro atoms. The molecule has 0 amide bonds. The highest BCUT2D eigenvalue weighted by atomic mass is 127. The van der Waals surface area contributed by atoms with Gasteiger partial charge in [-0.05, 0) is 34.7 Å². The summed E-state index contributed by atoms with van der Waals surface area (Å²) in [6.45, 7) is 2.60. The fourth-order valence-electron chi connectivity index (χ4n) is 2.55. The molecule has 0 bridgehead atoms. The predicted octanol–water partition coefficient (Wildman–Crippen LogP) is 3.38. The second-order valence-corrected chi connectivity index (χ2v) is 7.36. The van der Waals surface area contributed by atoms with E-state index < -0.39 is 0 Å². The summed E-state index contributed by atoms with van der Waals surface area (Å²) in [5.41, 5.74) is 0. The van der Waals surface area contributed by atoms with Crippen molar-refractivity contribution in [2.45, 2.75) is 25.4 Å². The van der Waals surface area contributed by atoms with Gasteiger partial charge in [-0.25, -0.2) is 4.98 Å². The minimum atomic E-state index is 0.281. The molecular formula is C16H20IN3O2S. The van der Waals surface area contributed by atoms with Gasteiger partial charge in [0.25, 0.3) is 0 Å². The zero-order valence-corrected chi connectivity index (χ0v) is 16.0. The molecule has 0 saturated carbocycles. The zero-order valence-electron chi connectivity index (χ0n) is 13.1. The lowest BCUT2D eigenvalue weighted by molar-refractivity contribution is 0.169. The summed E-state index contributed by atoms with van der Waals surface area (Å²) in [6.07, 6.45) is 3.08. The van der Waals surface area contributed by atoms with Gasteiger partial charge in [0.05, 0.1) is 10.2 Å². The Morgan fingerprint density at radius 3 is 2.83 bits per heavy atom. The Kier molecular flexibility index (Phi) is 6.07.